The minimum absolute atomic E-state index is 0.0667. The van der Waals surface area contributed by atoms with E-state index in [4.69, 9.17) is 4.74 Å². The Bertz CT molecular complexity index is 991. The van der Waals surface area contributed by atoms with Crippen LogP contribution in [-0.2, 0) is 14.3 Å². The van der Waals surface area contributed by atoms with Crippen LogP contribution in [0.5, 0.6) is 0 Å². The van der Waals surface area contributed by atoms with E-state index in [0.717, 1.165) is 35.1 Å². The summed E-state index contributed by atoms with van der Waals surface area (Å²) >= 11 is 0. The minimum Gasteiger partial charge on any atom is -0.480 e. The molecule has 0 bridgehead atoms. The molecule has 1 aliphatic heterocycles. The maximum Gasteiger partial charge on any atom is 0.407 e. The summed E-state index contributed by atoms with van der Waals surface area (Å²) in [5, 5.41) is 12.1. The number of carboxylic acids is 1. The standard InChI is InChI=1S/C26H30N2O5/c1-2-3-13-22(24(29)28-15-8-14-23(28)25(30)31)27-26(32)33-16-21-19-11-6-4-9-17(19)18-10-5-7-12-20(18)21/h4-7,9-12,21-23H,2-3,8,13-16H2,1H3,(H,27,32)(H,30,31). The monoisotopic (exact) mass is 450 g/mol. The molecule has 2 aromatic rings. The summed E-state index contributed by atoms with van der Waals surface area (Å²) in [5.41, 5.74) is 4.52. The number of hydrogen-bond donors (Lipinski definition) is 2. The molecule has 0 aromatic heterocycles. The summed E-state index contributed by atoms with van der Waals surface area (Å²) in [4.78, 5) is 38.7. The molecule has 0 spiro atoms. The smallest absolute Gasteiger partial charge is 0.407 e. The molecule has 4 rings (SSSR count). The topological polar surface area (TPSA) is 95.9 Å². The van der Waals surface area contributed by atoms with Gasteiger partial charge in [0.1, 0.15) is 18.7 Å². The van der Waals surface area contributed by atoms with Crippen LogP contribution in [0.15, 0.2) is 48.5 Å². The first-order valence-corrected chi connectivity index (χ1v) is 11.7. The van der Waals surface area contributed by atoms with E-state index < -0.39 is 24.1 Å². The van der Waals surface area contributed by atoms with E-state index >= 15 is 0 Å². The van der Waals surface area contributed by atoms with Crippen LogP contribution in [0, 0.1) is 0 Å². The van der Waals surface area contributed by atoms with Crippen molar-refractivity contribution >= 4 is 18.0 Å². The molecule has 1 saturated heterocycles. The van der Waals surface area contributed by atoms with Gasteiger partial charge in [-0.25, -0.2) is 9.59 Å². The Hall–Kier alpha value is -3.35. The molecule has 0 saturated carbocycles. The van der Waals surface area contributed by atoms with Crippen molar-refractivity contribution in [3.05, 3.63) is 59.7 Å². The Morgan fingerprint density at radius 1 is 1.09 bits per heavy atom. The van der Waals surface area contributed by atoms with Gasteiger partial charge in [-0.3, -0.25) is 4.79 Å². The molecule has 1 aliphatic carbocycles. The van der Waals surface area contributed by atoms with Gasteiger partial charge in [-0.15, -0.1) is 0 Å². The van der Waals surface area contributed by atoms with E-state index in [-0.39, 0.29) is 18.4 Å². The average Bonchev–Trinajstić information content (AvgIpc) is 3.43. The zero-order valence-corrected chi connectivity index (χ0v) is 18.8. The van der Waals surface area contributed by atoms with E-state index in [9.17, 15) is 19.5 Å². The predicted molar refractivity (Wildman–Crippen MR) is 124 cm³/mol. The normalized spacial score (nSPS) is 17.8. The highest BCUT2D eigenvalue weighted by molar-refractivity contribution is 5.89. The fourth-order valence-electron chi connectivity index (χ4n) is 4.94. The summed E-state index contributed by atoms with van der Waals surface area (Å²) in [7, 11) is 0. The SMILES string of the molecule is CCCCC(NC(=O)OCC1c2ccccc2-c2ccccc21)C(=O)N1CCCC1C(=O)O. The van der Waals surface area contributed by atoms with E-state index in [2.05, 4.69) is 17.4 Å². The van der Waals surface area contributed by atoms with E-state index in [1.807, 2.05) is 43.3 Å². The maximum absolute atomic E-state index is 13.1. The number of aliphatic carboxylic acids is 1. The number of carboxylic acid groups (broad SMARTS) is 1. The fraction of sp³-hybridized carbons (Fsp3) is 0.423. The van der Waals surface area contributed by atoms with Crippen LogP contribution < -0.4 is 5.32 Å². The van der Waals surface area contributed by atoms with Gasteiger partial charge in [0.05, 0.1) is 0 Å². The number of nitrogens with zero attached hydrogens (tertiary/aromatic N) is 1. The van der Waals surface area contributed by atoms with Gasteiger partial charge in [0.25, 0.3) is 0 Å². The Morgan fingerprint density at radius 2 is 1.73 bits per heavy atom. The molecule has 2 unspecified atom stereocenters. The van der Waals surface area contributed by atoms with Crippen LogP contribution in [0.1, 0.15) is 56.1 Å². The number of benzene rings is 2. The summed E-state index contributed by atoms with van der Waals surface area (Å²) in [6.45, 7) is 2.56. The molecule has 2 aromatic carbocycles. The predicted octanol–water partition coefficient (Wildman–Crippen LogP) is 4.16. The Labute approximate surface area is 193 Å². The first kappa shape index (κ1) is 22.8. The van der Waals surface area contributed by atoms with Crippen molar-refractivity contribution in [1.82, 2.24) is 10.2 Å². The van der Waals surface area contributed by atoms with Crippen LogP contribution in [0.4, 0.5) is 4.79 Å². The average molecular weight is 451 g/mol. The second-order valence-electron chi connectivity index (χ2n) is 8.69. The lowest BCUT2D eigenvalue weighted by Crippen LogP contribution is -2.51. The van der Waals surface area contributed by atoms with Gasteiger partial charge in [0.15, 0.2) is 0 Å². The molecule has 0 radical (unpaired) electrons. The van der Waals surface area contributed by atoms with Gasteiger partial charge in [0, 0.05) is 12.5 Å². The van der Waals surface area contributed by atoms with Crippen LogP contribution in [0.3, 0.4) is 0 Å². The van der Waals surface area contributed by atoms with Crippen molar-refractivity contribution in [3.8, 4) is 11.1 Å². The van der Waals surface area contributed by atoms with Gasteiger partial charge in [0.2, 0.25) is 5.91 Å². The third kappa shape index (κ3) is 4.72. The number of amides is 2. The maximum atomic E-state index is 13.1. The van der Waals surface area contributed by atoms with Crippen LogP contribution in [0.25, 0.3) is 11.1 Å². The minimum atomic E-state index is -1.00. The molecule has 2 atom stereocenters. The van der Waals surface area contributed by atoms with E-state index in [0.29, 0.717) is 25.8 Å². The number of nitrogens with one attached hydrogen (secondary N) is 1. The third-order valence-corrected chi connectivity index (χ3v) is 6.60. The summed E-state index contributed by atoms with van der Waals surface area (Å²) in [6, 6.07) is 14.6. The number of fused-ring (bicyclic) bond motifs is 3. The molecule has 1 heterocycles. The number of rotatable bonds is 8. The van der Waals surface area contributed by atoms with Crippen LogP contribution in [0.2, 0.25) is 0 Å². The lowest BCUT2D eigenvalue weighted by atomic mass is 9.98. The highest BCUT2D eigenvalue weighted by Gasteiger charge is 2.37. The Kier molecular flexibility index (Phi) is 6.96. The number of carbonyl (C=O) groups excluding carboxylic acids is 2. The second kappa shape index (κ2) is 10.1. The van der Waals surface area contributed by atoms with Gasteiger partial charge < -0.3 is 20.1 Å². The van der Waals surface area contributed by atoms with Crippen LogP contribution in [-0.4, -0.2) is 53.2 Å². The summed E-state index contributed by atoms with van der Waals surface area (Å²) in [6.07, 6.45) is 2.48. The lowest BCUT2D eigenvalue weighted by Gasteiger charge is -2.27. The molecule has 2 aliphatic rings. The fourth-order valence-corrected chi connectivity index (χ4v) is 4.94. The summed E-state index contributed by atoms with van der Waals surface area (Å²) < 4.78 is 5.60. The molecule has 2 N–H and O–H groups in total. The first-order chi connectivity index (χ1) is 16.0. The molecule has 7 nitrogen and oxygen atoms in total. The third-order valence-electron chi connectivity index (χ3n) is 6.60. The van der Waals surface area contributed by atoms with E-state index in [1.165, 1.54) is 4.90 Å². The van der Waals surface area contributed by atoms with Crippen molar-refractivity contribution < 1.29 is 24.2 Å². The highest BCUT2D eigenvalue weighted by Crippen LogP contribution is 2.44. The van der Waals surface area contributed by atoms with Gasteiger partial charge in [-0.05, 0) is 41.5 Å². The number of carbonyl (C=O) groups is 3. The molecule has 7 heteroatoms. The van der Waals surface area contributed by atoms with Crippen molar-refractivity contribution in [2.24, 2.45) is 0 Å². The zero-order chi connectivity index (χ0) is 23.4. The number of alkyl carbamates (subject to hydrolysis) is 1. The van der Waals surface area contributed by atoms with Gasteiger partial charge >= 0.3 is 12.1 Å². The van der Waals surface area contributed by atoms with Crippen molar-refractivity contribution in [3.63, 3.8) is 0 Å². The number of unbranched alkanes of at least 4 members (excludes halogenated alkanes) is 1. The highest BCUT2D eigenvalue weighted by atomic mass is 16.5. The van der Waals surface area contributed by atoms with E-state index in [1.54, 1.807) is 0 Å². The molecule has 1 fully saturated rings. The molecule has 174 valence electrons. The lowest BCUT2D eigenvalue weighted by molar-refractivity contribution is -0.149. The van der Waals surface area contributed by atoms with Gasteiger partial charge in [-0.2, -0.15) is 0 Å². The molecular weight excluding hydrogens is 420 g/mol. The number of ether oxygens (including phenoxy) is 1. The quantitative estimate of drug-likeness (QED) is 0.630. The van der Waals surface area contributed by atoms with Crippen LogP contribution >= 0.6 is 0 Å². The summed E-state index contributed by atoms with van der Waals surface area (Å²) in [5.74, 6) is -1.42. The Balaban J connectivity index is 1.43. The first-order valence-electron chi connectivity index (χ1n) is 11.7. The molecule has 33 heavy (non-hydrogen) atoms. The van der Waals surface area contributed by atoms with Crippen molar-refractivity contribution in [1.29, 1.82) is 0 Å². The van der Waals surface area contributed by atoms with Crippen molar-refractivity contribution in [2.75, 3.05) is 13.2 Å². The number of likely N-dealkylation sites (tertiary alicyclic amines) is 1. The zero-order valence-electron chi connectivity index (χ0n) is 18.8. The second-order valence-corrected chi connectivity index (χ2v) is 8.69. The Morgan fingerprint density at radius 3 is 2.33 bits per heavy atom. The molecule has 2 amide bonds. The van der Waals surface area contributed by atoms with Gasteiger partial charge in [-0.1, -0.05) is 68.3 Å². The largest absolute Gasteiger partial charge is 0.480 e. The number of hydrogen-bond acceptors (Lipinski definition) is 4. The molecular formula is C26H30N2O5. The van der Waals surface area contributed by atoms with Crippen molar-refractivity contribution in [2.45, 2.75) is 57.0 Å².